The van der Waals surface area contributed by atoms with E-state index in [0.29, 0.717) is 12.5 Å². The Morgan fingerprint density at radius 2 is 2.35 bits per heavy atom. The van der Waals surface area contributed by atoms with Crippen LogP contribution in [0.3, 0.4) is 0 Å². The Kier molecular flexibility index (Phi) is 4.57. The summed E-state index contributed by atoms with van der Waals surface area (Å²) in [7, 11) is 0. The van der Waals surface area contributed by atoms with Gasteiger partial charge in [-0.3, -0.25) is 0 Å². The summed E-state index contributed by atoms with van der Waals surface area (Å²) in [5.74, 6) is 2.28. The van der Waals surface area contributed by atoms with E-state index in [4.69, 9.17) is 9.26 Å². The first kappa shape index (κ1) is 12.6. The molecule has 96 valence electrons. The van der Waals surface area contributed by atoms with E-state index in [0.717, 1.165) is 37.1 Å². The van der Waals surface area contributed by atoms with Gasteiger partial charge in [0.25, 0.3) is 0 Å². The van der Waals surface area contributed by atoms with E-state index in [1.54, 1.807) is 0 Å². The standard InChI is InChI=1S/C13H22N2O2/c1-10(2)6-14-7-12-5-13(17-15-12)9-16-8-11-3-4-11/h5,10-11,14H,3-4,6-9H2,1-2H3. The van der Waals surface area contributed by atoms with Crippen molar-refractivity contribution >= 4 is 0 Å². The quantitative estimate of drug-likeness (QED) is 0.755. The van der Waals surface area contributed by atoms with Crippen LogP contribution in [0, 0.1) is 11.8 Å². The van der Waals surface area contributed by atoms with Crippen LogP contribution in [-0.4, -0.2) is 18.3 Å². The molecule has 0 spiro atoms. The normalized spacial score (nSPS) is 15.7. The molecular weight excluding hydrogens is 216 g/mol. The van der Waals surface area contributed by atoms with Crippen LogP contribution in [0.1, 0.15) is 38.1 Å². The third-order valence-corrected chi connectivity index (χ3v) is 2.76. The Labute approximate surface area is 103 Å². The Morgan fingerprint density at radius 1 is 1.53 bits per heavy atom. The Morgan fingerprint density at radius 3 is 3.06 bits per heavy atom. The van der Waals surface area contributed by atoms with Crippen LogP contribution in [0.4, 0.5) is 0 Å². The third kappa shape index (κ3) is 4.88. The van der Waals surface area contributed by atoms with Crippen molar-refractivity contribution in [2.45, 2.75) is 39.8 Å². The van der Waals surface area contributed by atoms with E-state index in [-0.39, 0.29) is 0 Å². The van der Waals surface area contributed by atoms with Gasteiger partial charge in [-0.25, -0.2) is 0 Å². The number of ether oxygens (including phenoxy) is 1. The molecule has 0 aliphatic heterocycles. The number of nitrogens with one attached hydrogen (secondary N) is 1. The molecule has 17 heavy (non-hydrogen) atoms. The molecule has 1 N–H and O–H groups in total. The number of hydrogen-bond donors (Lipinski definition) is 1. The fourth-order valence-electron chi connectivity index (χ4n) is 1.61. The van der Waals surface area contributed by atoms with E-state index in [1.807, 2.05) is 6.07 Å². The summed E-state index contributed by atoms with van der Waals surface area (Å²) < 4.78 is 10.8. The molecule has 0 unspecified atom stereocenters. The zero-order chi connectivity index (χ0) is 12.1. The second-order valence-electron chi connectivity index (χ2n) is 5.27. The van der Waals surface area contributed by atoms with Crippen molar-refractivity contribution in [3.05, 3.63) is 17.5 Å². The number of hydrogen-bond acceptors (Lipinski definition) is 4. The molecule has 1 aromatic heterocycles. The van der Waals surface area contributed by atoms with Crippen molar-refractivity contribution in [1.29, 1.82) is 0 Å². The Bertz CT molecular complexity index is 309. The molecule has 1 heterocycles. The van der Waals surface area contributed by atoms with Crippen LogP contribution in [0.25, 0.3) is 0 Å². The molecule has 1 fully saturated rings. The topological polar surface area (TPSA) is 47.3 Å². The van der Waals surface area contributed by atoms with Crippen LogP contribution in [0.5, 0.6) is 0 Å². The van der Waals surface area contributed by atoms with Crippen molar-refractivity contribution in [2.75, 3.05) is 13.2 Å². The van der Waals surface area contributed by atoms with Gasteiger partial charge in [0, 0.05) is 19.2 Å². The molecular formula is C13H22N2O2. The van der Waals surface area contributed by atoms with Gasteiger partial charge in [0.05, 0.1) is 5.69 Å². The number of nitrogens with zero attached hydrogens (tertiary/aromatic N) is 1. The first-order chi connectivity index (χ1) is 8.24. The highest BCUT2D eigenvalue weighted by molar-refractivity contribution is 5.04. The molecule has 0 bridgehead atoms. The average Bonchev–Trinajstić information content (AvgIpc) is 2.98. The van der Waals surface area contributed by atoms with Crippen molar-refractivity contribution in [1.82, 2.24) is 10.5 Å². The van der Waals surface area contributed by atoms with Crippen LogP contribution < -0.4 is 5.32 Å². The van der Waals surface area contributed by atoms with Gasteiger partial charge >= 0.3 is 0 Å². The predicted octanol–water partition coefficient (Wildman–Crippen LogP) is 2.35. The largest absolute Gasteiger partial charge is 0.373 e. The molecule has 4 nitrogen and oxygen atoms in total. The maximum absolute atomic E-state index is 5.55. The monoisotopic (exact) mass is 238 g/mol. The average molecular weight is 238 g/mol. The smallest absolute Gasteiger partial charge is 0.162 e. The summed E-state index contributed by atoms with van der Waals surface area (Å²) in [6, 6.07) is 1.97. The zero-order valence-electron chi connectivity index (χ0n) is 10.7. The van der Waals surface area contributed by atoms with Crippen LogP contribution in [0.2, 0.25) is 0 Å². The van der Waals surface area contributed by atoms with Gasteiger partial charge in [0.15, 0.2) is 5.76 Å². The van der Waals surface area contributed by atoms with E-state index < -0.39 is 0 Å². The molecule has 0 radical (unpaired) electrons. The lowest BCUT2D eigenvalue weighted by atomic mass is 10.2. The third-order valence-electron chi connectivity index (χ3n) is 2.76. The van der Waals surface area contributed by atoms with E-state index in [9.17, 15) is 0 Å². The summed E-state index contributed by atoms with van der Waals surface area (Å²) >= 11 is 0. The molecule has 4 heteroatoms. The highest BCUT2D eigenvalue weighted by Crippen LogP contribution is 2.29. The lowest BCUT2D eigenvalue weighted by molar-refractivity contribution is 0.0926. The Hall–Kier alpha value is -0.870. The summed E-state index contributed by atoms with van der Waals surface area (Å²) in [6.45, 7) is 7.56. The van der Waals surface area contributed by atoms with E-state index in [1.165, 1.54) is 12.8 Å². The van der Waals surface area contributed by atoms with Crippen molar-refractivity contribution in [3.63, 3.8) is 0 Å². The maximum atomic E-state index is 5.55. The SMILES string of the molecule is CC(C)CNCc1cc(COCC2CC2)on1. The van der Waals surface area contributed by atoms with Gasteiger partial charge in [-0.1, -0.05) is 19.0 Å². The fraction of sp³-hybridized carbons (Fsp3) is 0.769. The first-order valence-electron chi connectivity index (χ1n) is 6.47. The molecule has 0 atom stereocenters. The summed E-state index contributed by atoms with van der Waals surface area (Å²) in [6.07, 6.45) is 2.64. The van der Waals surface area contributed by atoms with E-state index >= 15 is 0 Å². The summed E-state index contributed by atoms with van der Waals surface area (Å²) in [5.41, 5.74) is 0.954. The minimum Gasteiger partial charge on any atom is -0.373 e. The van der Waals surface area contributed by atoms with Crippen LogP contribution in [0.15, 0.2) is 10.6 Å². The molecule has 0 aromatic carbocycles. The molecule has 1 aromatic rings. The maximum Gasteiger partial charge on any atom is 0.162 e. The predicted molar refractivity (Wildman–Crippen MR) is 65.4 cm³/mol. The number of aromatic nitrogens is 1. The molecule has 1 saturated carbocycles. The van der Waals surface area contributed by atoms with Gasteiger partial charge in [-0.15, -0.1) is 0 Å². The molecule has 1 aliphatic carbocycles. The number of rotatable bonds is 8. The molecule has 2 rings (SSSR count). The molecule has 0 saturated heterocycles. The summed E-state index contributed by atoms with van der Waals surface area (Å²) in [4.78, 5) is 0. The van der Waals surface area contributed by atoms with Gasteiger partial charge in [-0.05, 0) is 31.2 Å². The first-order valence-corrected chi connectivity index (χ1v) is 6.47. The fourth-order valence-corrected chi connectivity index (χ4v) is 1.61. The van der Waals surface area contributed by atoms with Gasteiger partial charge in [0.1, 0.15) is 6.61 Å². The zero-order valence-corrected chi connectivity index (χ0v) is 10.7. The second-order valence-corrected chi connectivity index (χ2v) is 5.27. The van der Waals surface area contributed by atoms with Gasteiger partial charge in [0.2, 0.25) is 0 Å². The van der Waals surface area contributed by atoms with Crippen molar-refractivity contribution in [2.24, 2.45) is 11.8 Å². The highest BCUT2D eigenvalue weighted by Gasteiger charge is 2.21. The van der Waals surface area contributed by atoms with E-state index in [2.05, 4.69) is 24.3 Å². The van der Waals surface area contributed by atoms with Crippen LogP contribution in [-0.2, 0) is 17.9 Å². The van der Waals surface area contributed by atoms with Crippen molar-refractivity contribution < 1.29 is 9.26 Å². The van der Waals surface area contributed by atoms with Crippen LogP contribution >= 0.6 is 0 Å². The van der Waals surface area contributed by atoms with Crippen molar-refractivity contribution in [3.8, 4) is 0 Å². The minimum absolute atomic E-state index is 0.549. The summed E-state index contributed by atoms with van der Waals surface area (Å²) in [5, 5.41) is 7.34. The second kappa shape index (κ2) is 6.17. The lowest BCUT2D eigenvalue weighted by Crippen LogP contribution is -2.19. The molecule has 0 amide bonds. The highest BCUT2D eigenvalue weighted by atomic mass is 16.5. The Balaban J connectivity index is 1.63. The molecule has 1 aliphatic rings. The van der Waals surface area contributed by atoms with Gasteiger partial charge in [-0.2, -0.15) is 0 Å². The minimum atomic E-state index is 0.549. The van der Waals surface area contributed by atoms with Gasteiger partial charge < -0.3 is 14.6 Å². The lowest BCUT2D eigenvalue weighted by Gasteiger charge is -2.04.